The summed E-state index contributed by atoms with van der Waals surface area (Å²) in [4.78, 5) is 10.7. The van der Waals surface area contributed by atoms with E-state index >= 15 is 0 Å². The van der Waals surface area contributed by atoms with Crippen LogP contribution in [0.5, 0.6) is 0 Å². The topological polar surface area (TPSA) is 49.3 Å². The highest BCUT2D eigenvalue weighted by atomic mass is 16.4. The van der Waals surface area contributed by atoms with Crippen molar-refractivity contribution in [1.29, 1.82) is 0 Å². The molecule has 1 aromatic carbocycles. The zero-order chi connectivity index (χ0) is 11.1. The van der Waals surface area contributed by atoms with Crippen LogP contribution in [0.3, 0.4) is 0 Å². The van der Waals surface area contributed by atoms with Gasteiger partial charge in [0.25, 0.3) is 0 Å². The van der Waals surface area contributed by atoms with Crippen LogP contribution in [-0.2, 0) is 0 Å². The molecule has 3 nitrogen and oxygen atoms in total. The highest BCUT2D eigenvalue weighted by Crippen LogP contribution is 2.10. The molecule has 0 atom stereocenters. The SMILES string of the molecule is C=C/C=C/CNc1cccc(C(=O)O)c1. The Hall–Kier alpha value is -2.03. The lowest BCUT2D eigenvalue weighted by Gasteiger charge is -2.03. The molecule has 0 aliphatic heterocycles. The first-order valence-corrected chi connectivity index (χ1v) is 4.59. The van der Waals surface area contributed by atoms with E-state index in [1.807, 2.05) is 18.2 Å². The fraction of sp³-hybridized carbons (Fsp3) is 0.0833. The number of aromatic carboxylic acids is 1. The molecule has 78 valence electrons. The minimum Gasteiger partial charge on any atom is -0.478 e. The first kappa shape index (κ1) is 11.0. The first-order chi connectivity index (χ1) is 7.24. The minimum atomic E-state index is -0.916. The summed E-state index contributed by atoms with van der Waals surface area (Å²) >= 11 is 0. The van der Waals surface area contributed by atoms with Crippen molar-refractivity contribution < 1.29 is 9.90 Å². The van der Waals surface area contributed by atoms with Crippen LogP contribution in [0.4, 0.5) is 5.69 Å². The number of rotatable bonds is 5. The largest absolute Gasteiger partial charge is 0.478 e. The molecule has 1 aromatic rings. The van der Waals surface area contributed by atoms with Gasteiger partial charge in [-0.25, -0.2) is 4.79 Å². The molecule has 0 unspecified atom stereocenters. The van der Waals surface area contributed by atoms with E-state index in [1.54, 1.807) is 24.3 Å². The van der Waals surface area contributed by atoms with Gasteiger partial charge in [0, 0.05) is 12.2 Å². The number of nitrogens with one attached hydrogen (secondary N) is 1. The van der Waals surface area contributed by atoms with Gasteiger partial charge in [-0.2, -0.15) is 0 Å². The van der Waals surface area contributed by atoms with Crippen LogP contribution in [0, 0.1) is 0 Å². The Labute approximate surface area is 88.7 Å². The second kappa shape index (κ2) is 5.65. The third-order valence-electron chi connectivity index (χ3n) is 1.81. The molecule has 0 aromatic heterocycles. The molecule has 0 amide bonds. The molecule has 0 bridgehead atoms. The highest BCUT2D eigenvalue weighted by molar-refractivity contribution is 5.88. The van der Waals surface area contributed by atoms with Crippen LogP contribution in [0.2, 0.25) is 0 Å². The van der Waals surface area contributed by atoms with Gasteiger partial charge >= 0.3 is 5.97 Å². The maximum Gasteiger partial charge on any atom is 0.335 e. The number of carboxylic acid groups (broad SMARTS) is 1. The smallest absolute Gasteiger partial charge is 0.335 e. The summed E-state index contributed by atoms with van der Waals surface area (Å²) in [7, 11) is 0. The molecule has 0 spiro atoms. The lowest BCUT2D eigenvalue weighted by Crippen LogP contribution is -2.01. The second-order valence-electron chi connectivity index (χ2n) is 2.93. The summed E-state index contributed by atoms with van der Waals surface area (Å²) in [6.07, 6.45) is 5.42. The Bertz CT molecular complexity index is 383. The van der Waals surface area contributed by atoms with Gasteiger partial charge in [0.15, 0.2) is 0 Å². The maximum absolute atomic E-state index is 10.7. The molecule has 0 aliphatic carbocycles. The summed E-state index contributed by atoms with van der Waals surface area (Å²) in [6, 6.07) is 6.70. The molecule has 0 saturated heterocycles. The van der Waals surface area contributed by atoms with Crippen molar-refractivity contribution in [1.82, 2.24) is 0 Å². The molecule has 1 rings (SSSR count). The molecule has 0 fully saturated rings. The number of hydrogen-bond donors (Lipinski definition) is 2. The van der Waals surface area contributed by atoms with Gasteiger partial charge in [-0.05, 0) is 18.2 Å². The van der Waals surface area contributed by atoms with E-state index < -0.39 is 5.97 Å². The molecule has 0 radical (unpaired) electrons. The molecular weight excluding hydrogens is 190 g/mol. The van der Waals surface area contributed by atoms with Crippen molar-refractivity contribution in [2.45, 2.75) is 0 Å². The number of anilines is 1. The maximum atomic E-state index is 10.7. The van der Waals surface area contributed by atoms with E-state index in [0.717, 1.165) is 5.69 Å². The van der Waals surface area contributed by atoms with Crippen molar-refractivity contribution in [3.05, 3.63) is 54.6 Å². The number of allylic oxidation sites excluding steroid dienone is 2. The van der Waals surface area contributed by atoms with Gasteiger partial charge in [-0.1, -0.05) is 30.9 Å². The van der Waals surface area contributed by atoms with Crippen LogP contribution in [0.25, 0.3) is 0 Å². The fourth-order valence-electron chi connectivity index (χ4n) is 1.10. The highest BCUT2D eigenvalue weighted by Gasteiger charge is 2.01. The van der Waals surface area contributed by atoms with E-state index in [2.05, 4.69) is 11.9 Å². The van der Waals surface area contributed by atoms with Crippen molar-refractivity contribution in [2.75, 3.05) is 11.9 Å². The summed E-state index contributed by atoms with van der Waals surface area (Å²) < 4.78 is 0. The van der Waals surface area contributed by atoms with E-state index in [9.17, 15) is 4.79 Å². The molecule has 0 aliphatic rings. The predicted molar refractivity (Wildman–Crippen MR) is 61.2 cm³/mol. The zero-order valence-electron chi connectivity index (χ0n) is 8.31. The average molecular weight is 203 g/mol. The lowest BCUT2D eigenvalue weighted by molar-refractivity contribution is 0.0697. The number of carbonyl (C=O) groups is 1. The van der Waals surface area contributed by atoms with Crippen LogP contribution in [0.15, 0.2) is 49.1 Å². The van der Waals surface area contributed by atoms with Gasteiger partial charge in [0.2, 0.25) is 0 Å². The Morgan fingerprint density at radius 2 is 2.33 bits per heavy atom. The van der Waals surface area contributed by atoms with E-state index in [-0.39, 0.29) is 5.56 Å². The van der Waals surface area contributed by atoms with Gasteiger partial charge in [-0.15, -0.1) is 0 Å². The van der Waals surface area contributed by atoms with Gasteiger partial charge in [0.05, 0.1) is 5.56 Å². The molecule has 2 N–H and O–H groups in total. The second-order valence-corrected chi connectivity index (χ2v) is 2.93. The van der Waals surface area contributed by atoms with Crippen molar-refractivity contribution in [2.24, 2.45) is 0 Å². The molecule has 3 heteroatoms. The number of hydrogen-bond acceptors (Lipinski definition) is 2. The van der Waals surface area contributed by atoms with Crippen molar-refractivity contribution in [3.63, 3.8) is 0 Å². The van der Waals surface area contributed by atoms with Crippen LogP contribution < -0.4 is 5.32 Å². The summed E-state index contributed by atoms with van der Waals surface area (Å²) in [5.74, 6) is -0.916. The Morgan fingerprint density at radius 1 is 1.53 bits per heavy atom. The third-order valence-corrected chi connectivity index (χ3v) is 1.81. The zero-order valence-corrected chi connectivity index (χ0v) is 8.31. The summed E-state index contributed by atoms with van der Waals surface area (Å²) in [6.45, 7) is 4.20. The van der Waals surface area contributed by atoms with E-state index in [4.69, 9.17) is 5.11 Å². The molecule has 15 heavy (non-hydrogen) atoms. The third kappa shape index (κ3) is 3.68. The Balaban J connectivity index is 2.61. The van der Waals surface area contributed by atoms with Crippen LogP contribution >= 0.6 is 0 Å². The standard InChI is InChI=1S/C12H13NO2/c1-2-3-4-8-13-11-7-5-6-10(9-11)12(14)15/h2-7,9,13H,1,8H2,(H,14,15)/b4-3+. The van der Waals surface area contributed by atoms with E-state index in [0.29, 0.717) is 6.54 Å². The quantitative estimate of drug-likeness (QED) is 0.723. The molecular formula is C12H13NO2. The van der Waals surface area contributed by atoms with Crippen molar-refractivity contribution >= 4 is 11.7 Å². The molecule has 0 heterocycles. The lowest BCUT2D eigenvalue weighted by atomic mass is 10.2. The van der Waals surface area contributed by atoms with Crippen LogP contribution in [-0.4, -0.2) is 17.6 Å². The van der Waals surface area contributed by atoms with Crippen molar-refractivity contribution in [3.8, 4) is 0 Å². The van der Waals surface area contributed by atoms with Gasteiger partial charge in [-0.3, -0.25) is 0 Å². The Morgan fingerprint density at radius 3 is 3.00 bits per heavy atom. The van der Waals surface area contributed by atoms with Gasteiger partial charge in [0.1, 0.15) is 0 Å². The summed E-state index contributed by atoms with van der Waals surface area (Å²) in [5, 5.41) is 11.8. The Kier molecular flexibility index (Phi) is 4.16. The number of benzene rings is 1. The summed E-state index contributed by atoms with van der Waals surface area (Å²) in [5.41, 5.74) is 1.08. The minimum absolute atomic E-state index is 0.285. The van der Waals surface area contributed by atoms with Gasteiger partial charge < -0.3 is 10.4 Å². The predicted octanol–water partition coefficient (Wildman–Crippen LogP) is 2.54. The first-order valence-electron chi connectivity index (χ1n) is 4.59. The molecule has 0 saturated carbocycles. The number of carboxylic acids is 1. The normalized spacial score (nSPS) is 10.1. The average Bonchev–Trinajstić information content (AvgIpc) is 2.25. The van der Waals surface area contributed by atoms with Crippen LogP contribution in [0.1, 0.15) is 10.4 Å². The monoisotopic (exact) mass is 203 g/mol. The van der Waals surface area contributed by atoms with E-state index in [1.165, 1.54) is 0 Å². The fourth-order valence-corrected chi connectivity index (χ4v) is 1.10.